The molecule has 1 unspecified atom stereocenters. The lowest BCUT2D eigenvalue weighted by molar-refractivity contribution is -0.133. The average Bonchev–Trinajstić information content (AvgIpc) is 3.70. The molecule has 2 aromatic carbocycles. The van der Waals surface area contributed by atoms with Crippen molar-refractivity contribution in [3.8, 4) is 0 Å². The molecular formula is C25H27N3O3. The summed E-state index contributed by atoms with van der Waals surface area (Å²) in [4.78, 5) is 42.1. The molecule has 6 nitrogen and oxygen atoms in total. The van der Waals surface area contributed by atoms with Gasteiger partial charge in [-0.25, -0.2) is 4.79 Å². The summed E-state index contributed by atoms with van der Waals surface area (Å²) in [5, 5.41) is 3.12. The van der Waals surface area contributed by atoms with Gasteiger partial charge in [-0.05, 0) is 48.6 Å². The molecule has 3 fully saturated rings. The number of nitrogens with zero attached hydrogens (tertiary/aromatic N) is 2. The summed E-state index contributed by atoms with van der Waals surface area (Å²) in [6.45, 7) is 0.0953. The zero-order chi connectivity index (χ0) is 21.4. The van der Waals surface area contributed by atoms with Gasteiger partial charge in [0.05, 0.1) is 0 Å². The van der Waals surface area contributed by atoms with E-state index < -0.39 is 12.1 Å². The Bertz CT molecular complexity index is 958. The monoisotopic (exact) mass is 417 g/mol. The molecule has 0 bridgehead atoms. The van der Waals surface area contributed by atoms with Gasteiger partial charge in [0.1, 0.15) is 12.6 Å². The van der Waals surface area contributed by atoms with Crippen LogP contribution in [0.1, 0.15) is 42.9 Å². The van der Waals surface area contributed by atoms with Crippen LogP contribution in [0.3, 0.4) is 0 Å². The molecular weight excluding hydrogens is 390 g/mol. The Balaban J connectivity index is 1.35. The van der Waals surface area contributed by atoms with Crippen molar-refractivity contribution < 1.29 is 14.4 Å². The number of hydrogen-bond acceptors (Lipinski definition) is 3. The van der Waals surface area contributed by atoms with Gasteiger partial charge in [-0.1, -0.05) is 60.7 Å². The number of hydrogen-bond donors (Lipinski definition) is 1. The maximum Gasteiger partial charge on any atom is 0.328 e. The first kappa shape index (κ1) is 19.8. The summed E-state index contributed by atoms with van der Waals surface area (Å²) in [6, 6.07) is 18.0. The molecule has 1 saturated heterocycles. The first-order valence-electron chi connectivity index (χ1n) is 11.1. The SMILES string of the molecule is O=C(CN1C(=O)C(c2ccccc2)N(Cc2ccccc2)C1=O)NC(C1CC1)C1CC1. The number of urea groups is 1. The van der Waals surface area contributed by atoms with Crippen molar-refractivity contribution in [3.63, 3.8) is 0 Å². The van der Waals surface area contributed by atoms with E-state index in [1.54, 1.807) is 4.90 Å². The number of benzene rings is 2. The molecule has 1 heterocycles. The van der Waals surface area contributed by atoms with Gasteiger partial charge >= 0.3 is 6.03 Å². The predicted molar refractivity (Wildman–Crippen MR) is 116 cm³/mol. The van der Waals surface area contributed by atoms with E-state index in [0.717, 1.165) is 41.7 Å². The quantitative estimate of drug-likeness (QED) is 0.669. The van der Waals surface area contributed by atoms with Gasteiger partial charge in [0.15, 0.2) is 0 Å². The standard InChI is InChI=1S/C25H27N3O3/c29-21(26-22(18-11-12-18)19-13-14-19)16-28-24(30)23(20-9-5-2-6-10-20)27(25(28)31)15-17-7-3-1-4-8-17/h1-10,18-19,22-23H,11-16H2,(H,26,29). The predicted octanol–water partition coefficient (Wildman–Crippen LogP) is 3.50. The Morgan fingerprint density at radius 1 is 0.903 bits per heavy atom. The van der Waals surface area contributed by atoms with E-state index in [1.807, 2.05) is 60.7 Å². The van der Waals surface area contributed by atoms with Crippen LogP contribution < -0.4 is 5.32 Å². The van der Waals surface area contributed by atoms with Crippen LogP contribution in [0.15, 0.2) is 60.7 Å². The van der Waals surface area contributed by atoms with E-state index in [1.165, 1.54) is 0 Å². The summed E-state index contributed by atoms with van der Waals surface area (Å²) in [5.74, 6) is 0.553. The third kappa shape index (κ3) is 4.20. The lowest BCUT2D eigenvalue weighted by atomic mass is 10.1. The van der Waals surface area contributed by atoms with Crippen molar-refractivity contribution in [2.75, 3.05) is 6.54 Å². The average molecular weight is 418 g/mol. The second kappa shape index (κ2) is 8.17. The van der Waals surface area contributed by atoms with Crippen LogP contribution in [0, 0.1) is 11.8 Å². The normalized spacial score (nSPS) is 21.1. The molecule has 2 aromatic rings. The Hall–Kier alpha value is -3.15. The van der Waals surface area contributed by atoms with Gasteiger partial charge in [-0.15, -0.1) is 0 Å². The third-order valence-electron chi connectivity index (χ3n) is 6.49. The first-order valence-corrected chi connectivity index (χ1v) is 11.1. The van der Waals surface area contributed by atoms with E-state index in [0.29, 0.717) is 18.4 Å². The summed E-state index contributed by atoms with van der Waals surface area (Å²) in [5.41, 5.74) is 1.70. The number of nitrogens with one attached hydrogen (secondary N) is 1. The van der Waals surface area contributed by atoms with Gasteiger partial charge in [-0.2, -0.15) is 0 Å². The summed E-state index contributed by atoms with van der Waals surface area (Å²) >= 11 is 0. The molecule has 5 rings (SSSR count). The Kier molecular flexibility index (Phi) is 5.22. The first-order chi connectivity index (χ1) is 15.1. The fourth-order valence-electron chi connectivity index (χ4n) is 4.59. The van der Waals surface area contributed by atoms with Gasteiger partial charge in [0, 0.05) is 12.6 Å². The molecule has 1 aliphatic heterocycles. The lowest BCUT2D eigenvalue weighted by Gasteiger charge is -2.22. The van der Waals surface area contributed by atoms with E-state index in [2.05, 4.69) is 5.32 Å². The van der Waals surface area contributed by atoms with E-state index in [-0.39, 0.29) is 24.4 Å². The number of carbonyl (C=O) groups excluding carboxylic acids is 3. The highest BCUT2D eigenvalue weighted by Gasteiger charge is 2.47. The Labute approximate surface area is 182 Å². The molecule has 1 N–H and O–H groups in total. The second-order valence-electron chi connectivity index (χ2n) is 8.90. The van der Waals surface area contributed by atoms with Crippen molar-refractivity contribution in [1.29, 1.82) is 0 Å². The molecule has 1 atom stereocenters. The van der Waals surface area contributed by atoms with Gasteiger partial charge in [0.25, 0.3) is 5.91 Å². The Morgan fingerprint density at radius 2 is 1.48 bits per heavy atom. The zero-order valence-corrected chi connectivity index (χ0v) is 17.4. The zero-order valence-electron chi connectivity index (χ0n) is 17.4. The minimum Gasteiger partial charge on any atom is -0.351 e. The summed E-state index contributed by atoms with van der Waals surface area (Å²) in [6.07, 6.45) is 4.63. The number of carbonyl (C=O) groups is 3. The number of imide groups is 1. The van der Waals surface area contributed by atoms with Crippen LogP contribution in [-0.2, 0) is 16.1 Å². The van der Waals surface area contributed by atoms with Crippen molar-refractivity contribution in [3.05, 3.63) is 71.8 Å². The molecule has 3 aliphatic rings. The van der Waals surface area contributed by atoms with Crippen molar-refractivity contribution in [1.82, 2.24) is 15.1 Å². The third-order valence-corrected chi connectivity index (χ3v) is 6.49. The number of amides is 4. The smallest absolute Gasteiger partial charge is 0.328 e. The van der Waals surface area contributed by atoms with Crippen LogP contribution >= 0.6 is 0 Å². The fraction of sp³-hybridized carbons (Fsp3) is 0.400. The molecule has 0 radical (unpaired) electrons. The van der Waals surface area contributed by atoms with Crippen LogP contribution in [0.4, 0.5) is 4.79 Å². The summed E-state index contributed by atoms with van der Waals surface area (Å²) in [7, 11) is 0. The fourth-order valence-corrected chi connectivity index (χ4v) is 4.59. The van der Waals surface area contributed by atoms with Crippen LogP contribution in [0.25, 0.3) is 0 Å². The van der Waals surface area contributed by atoms with Crippen LogP contribution in [-0.4, -0.2) is 40.2 Å². The minimum absolute atomic E-state index is 0.200. The second-order valence-corrected chi connectivity index (χ2v) is 8.90. The molecule has 31 heavy (non-hydrogen) atoms. The molecule has 160 valence electrons. The van der Waals surface area contributed by atoms with E-state index >= 15 is 0 Å². The highest BCUT2D eigenvalue weighted by Crippen LogP contribution is 2.44. The molecule has 0 spiro atoms. The molecule has 4 amide bonds. The minimum atomic E-state index is -0.718. The molecule has 0 aromatic heterocycles. The van der Waals surface area contributed by atoms with E-state index in [4.69, 9.17) is 0 Å². The largest absolute Gasteiger partial charge is 0.351 e. The maximum atomic E-state index is 13.3. The highest BCUT2D eigenvalue weighted by molar-refractivity contribution is 6.06. The van der Waals surface area contributed by atoms with Gasteiger partial charge < -0.3 is 10.2 Å². The number of rotatable bonds is 8. The van der Waals surface area contributed by atoms with Crippen molar-refractivity contribution in [2.24, 2.45) is 11.8 Å². The van der Waals surface area contributed by atoms with Gasteiger partial charge in [0.2, 0.25) is 5.91 Å². The van der Waals surface area contributed by atoms with Crippen LogP contribution in [0.5, 0.6) is 0 Å². The topological polar surface area (TPSA) is 69.7 Å². The van der Waals surface area contributed by atoms with E-state index in [9.17, 15) is 14.4 Å². The molecule has 2 saturated carbocycles. The summed E-state index contributed by atoms with van der Waals surface area (Å²) < 4.78 is 0. The highest BCUT2D eigenvalue weighted by atomic mass is 16.2. The maximum absolute atomic E-state index is 13.3. The lowest BCUT2D eigenvalue weighted by Crippen LogP contribution is -2.46. The Morgan fingerprint density at radius 3 is 2.06 bits per heavy atom. The van der Waals surface area contributed by atoms with Crippen molar-refractivity contribution >= 4 is 17.8 Å². The van der Waals surface area contributed by atoms with Crippen LogP contribution in [0.2, 0.25) is 0 Å². The molecule has 6 heteroatoms. The molecule has 2 aliphatic carbocycles. The van der Waals surface area contributed by atoms with Gasteiger partial charge in [-0.3, -0.25) is 14.5 Å². The van der Waals surface area contributed by atoms with Crippen molar-refractivity contribution in [2.45, 2.75) is 44.3 Å².